The molecule has 1 amide bonds. The number of carbonyl (C=O) groups is 1. The van der Waals surface area contributed by atoms with Crippen molar-refractivity contribution in [2.75, 3.05) is 25.9 Å². The van der Waals surface area contributed by atoms with Crippen LogP contribution in [-0.4, -0.2) is 51.2 Å². The van der Waals surface area contributed by atoms with Gasteiger partial charge in [-0.05, 0) is 36.8 Å². The number of sulfonamides is 1. The van der Waals surface area contributed by atoms with E-state index in [-0.39, 0.29) is 18.0 Å². The fourth-order valence-corrected chi connectivity index (χ4v) is 5.10. The van der Waals surface area contributed by atoms with Crippen molar-refractivity contribution < 1.29 is 13.2 Å². The third kappa shape index (κ3) is 6.13. The van der Waals surface area contributed by atoms with Crippen LogP contribution >= 0.6 is 11.3 Å². The van der Waals surface area contributed by atoms with Gasteiger partial charge in [0.05, 0.1) is 18.8 Å². The maximum Gasteiger partial charge on any atom is 0.234 e. The predicted molar refractivity (Wildman–Crippen MR) is 113 cm³/mol. The van der Waals surface area contributed by atoms with Crippen molar-refractivity contribution in [2.45, 2.75) is 31.8 Å². The summed E-state index contributed by atoms with van der Waals surface area (Å²) in [6.07, 6.45) is 2.61. The van der Waals surface area contributed by atoms with Gasteiger partial charge in [-0.1, -0.05) is 35.9 Å². The number of amides is 1. The highest BCUT2D eigenvalue weighted by Crippen LogP contribution is 2.26. The Balaban J connectivity index is 1.58. The van der Waals surface area contributed by atoms with Gasteiger partial charge in [0.2, 0.25) is 15.9 Å². The first kappa shape index (κ1) is 21.0. The molecule has 0 bridgehead atoms. The second kappa shape index (κ2) is 9.17. The van der Waals surface area contributed by atoms with Crippen molar-refractivity contribution in [3.8, 4) is 0 Å². The SMILES string of the molecule is Cc1ccc(C(NC(=O)CN2CCC(NS(C)(=O)=O)CC2)c2cccs2)cc1. The molecule has 0 spiro atoms. The molecule has 28 heavy (non-hydrogen) atoms. The zero-order valence-corrected chi connectivity index (χ0v) is 17.9. The Labute approximate surface area is 171 Å². The number of likely N-dealkylation sites (tertiary alicyclic amines) is 1. The van der Waals surface area contributed by atoms with Gasteiger partial charge in [-0.15, -0.1) is 11.3 Å². The average Bonchev–Trinajstić information content (AvgIpc) is 3.15. The normalized spacial score (nSPS) is 17.4. The zero-order chi connectivity index (χ0) is 20.1. The highest BCUT2D eigenvalue weighted by atomic mass is 32.2. The Morgan fingerprint density at radius 3 is 2.46 bits per heavy atom. The molecule has 1 aliphatic heterocycles. The third-order valence-corrected chi connectivity index (χ3v) is 6.58. The Morgan fingerprint density at radius 2 is 1.89 bits per heavy atom. The minimum Gasteiger partial charge on any atom is -0.343 e. The van der Waals surface area contributed by atoms with Crippen LogP contribution < -0.4 is 10.0 Å². The van der Waals surface area contributed by atoms with Crippen molar-refractivity contribution in [1.29, 1.82) is 0 Å². The number of carbonyl (C=O) groups excluding carboxylic acids is 1. The summed E-state index contributed by atoms with van der Waals surface area (Å²) < 4.78 is 25.4. The second-order valence-electron chi connectivity index (χ2n) is 7.37. The number of hydrogen-bond acceptors (Lipinski definition) is 5. The van der Waals surface area contributed by atoms with Crippen LogP contribution in [0.25, 0.3) is 0 Å². The summed E-state index contributed by atoms with van der Waals surface area (Å²) in [5.74, 6) is -0.0199. The zero-order valence-electron chi connectivity index (χ0n) is 16.2. The van der Waals surface area contributed by atoms with Gasteiger partial charge in [0.1, 0.15) is 0 Å². The van der Waals surface area contributed by atoms with Crippen molar-refractivity contribution in [1.82, 2.24) is 14.9 Å². The topological polar surface area (TPSA) is 78.5 Å². The number of nitrogens with zero attached hydrogens (tertiary/aromatic N) is 1. The molecular formula is C20H27N3O3S2. The summed E-state index contributed by atoms with van der Waals surface area (Å²) in [7, 11) is -3.19. The second-order valence-corrected chi connectivity index (χ2v) is 10.1. The molecular weight excluding hydrogens is 394 g/mol. The smallest absolute Gasteiger partial charge is 0.234 e. The third-order valence-electron chi connectivity index (χ3n) is 4.88. The molecule has 3 rings (SSSR count). The number of rotatable bonds is 7. The van der Waals surface area contributed by atoms with Gasteiger partial charge in [0.15, 0.2) is 0 Å². The van der Waals surface area contributed by atoms with Crippen LogP contribution in [0, 0.1) is 6.92 Å². The molecule has 0 radical (unpaired) electrons. The largest absolute Gasteiger partial charge is 0.343 e. The first-order valence-electron chi connectivity index (χ1n) is 9.39. The summed E-state index contributed by atoms with van der Waals surface area (Å²) in [4.78, 5) is 15.9. The number of aryl methyl sites for hydroxylation is 1. The molecule has 152 valence electrons. The molecule has 2 aromatic rings. The molecule has 2 N–H and O–H groups in total. The lowest BCUT2D eigenvalue weighted by Gasteiger charge is -2.31. The lowest BCUT2D eigenvalue weighted by atomic mass is 10.0. The highest BCUT2D eigenvalue weighted by molar-refractivity contribution is 7.88. The van der Waals surface area contributed by atoms with Crippen LogP contribution in [0.2, 0.25) is 0 Å². The van der Waals surface area contributed by atoms with Crippen molar-refractivity contribution in [2.24, 2.45) is 0 Å². The monoisotopic (exact) mass is 421 g/mol. The lowest BCUT2D eigenvalue weighted by molar-refractivity contribution is -0.123. The number of hydrogen-bond donors (Lipinski definition) is 2. The standard InChI is InChI=1S/C20H27N3O3S2/c1-15-5-7-16(8-6-15)20(18-4-3-13-27-18)21-19(24)14-23-11-9-17(10-12-23)22-28(2,25)26/h3-8,13,17,20,22H,9-12,14H2,1-2H3,(H,21,24). The Morgan fingerprint density at radius 1 is 1.21 bits per heavy atom. The molecule has 1 aromatic heterocycles. The van der Waals surface area contributed by atoms with E-state index in [9.17, 15) is 13.2 Å². The van der Waals surface area contributed by atoms with E-state index in [2.05, 4.69) is 39.2 Å². The Kier molecular flexibility index (Phi) is 6.87. The van der Waals surface area contributed by atoms with Crippen LogP contribution in [-0.2, 0) is 14.8 Å². The summed E-state index contributed by atoms with van der Waals surface area (Å²) in [5.41, 5.74) is 2.25. The van der Waals surface area contributed by atoms with E-state index in [4.69, 9.17) is 0 Å². The van der Waals surface area contributed by atoms with E-state index in [0.717, 1.165) is 10.4 Å². The van der Waals surface area contributed by atoms with E-state index in [1.165, 1.54) is 11.8 Å². The molecule has 1 aromatic carbocycles. The Hall–Kier alpha value is -1.74. The maximum atomic E-state index is 12.7. The summed E-state index contributed by atoms with van der Waals surface area (Å²) >= 11 is 1.63. The minimum atomic E-state index is -3.19. The summed E-state index contributed by atoms with van der Waals surface area (Å²) in [5, 5.41) is 5.19. The average molecular weight is 422 g/mol. The molecule has 0 aliphatic carbocycles. The molecule has 1 aliphatic rings. The molecule has 1 saturated heterocycles. The fraction of sp³-hybridized carbons (Fsp3) is 0.450. The number of benzene rings is 1. The van der Waals surface area contributed by atoms with Crippen LogP contribution in [0.1, 0.15) is 34.9 Å². The molecule has 1 atom stereocenters. The van der Waals surface area contributed by atoms with Gasteiger partial charge >= 0.3 is 0 Å². The molecule has 0 saturated carbocycles. The highest BCUT2D eigenvalue weighted by Gasteiger charge is 2.24. The first-order chi connectivity index (χ1) is 13.3. The quantitative estimate of drug-likeness (QED) is 0.719. The van der Waals surface area contributed by atoms with Crippen LogP contribution in [0.3, 0.4) is 0 Å². The molecule has 1 unspecified atom stereocenters. The minimum absolute atomic E-state index is 0.0199. The molecule has 1 fully saturated rings. The van der Waals surface area contributed by atoms with E-state index < -0.39 is 10.0 Å². The van der Waals surface area contributed by atoms with E-state index >= 15 is 0 Å². The number of piperidine rings is 1. The number of thiophene rings is 1. The van der Waals surface area contributed by atoms with Crippen molar-refractivity contribution in [3.05, 3.63) is 57.8 Å². The maximum absolute atomic E-state index is 12.7. The fourth-order valence-electron chi connectivity index (χ4n) is 3.45. The van der Waals surface area contributed by atoms with Gasteiger partial charge in [0.25, 0.3) is 0 Å². The van der Waals surface area contributed by atoms with E-state index in [0.29, 0.717) is 32.5 Å². The van der Waals surface area contributed by atoms with Crippen molar-refractivity contribution >= 4 is 27.3 Å². The summed E-state index contributed by atoms with van der Waals surface area (Å²) in [6.45, 7) is 3.77. The predicted octanol–water partition coefficient (Wildman–Crippen LogP) is 2.28. The van der Waals surface area contributed by atoms with E-state index in [1.807, 2.05) is 24.4 Å². The van der Waals surface area contributed by atoms with Crippen LogP contribution in [0.4, 0.5) is 0 Å². The van der Waals surface area contributed by atoms with Crippen molar-refractivity contribution in [3.63, 3.8) is 0 Å². The lowest BCUT2D eigenvalue weighted by Crippen LogP contribution is -2.47. The number of nitrogens with one attached hydrogen (secondary N) is 2. The first-order valence-corrected chi connectivity index (χ1v) is 12.2. The van der Waals surface area contributed by atoms with Gasteiger partial charge in [-0.2, -0.15) is 0 Å². The van der Waals surface area contributed by atoms with Crippen LogP contribution in [0.5, 0.6) is 0 Å². The molecule has 8 heteroatoms. The van der Waals surface area contributed by atoms with Gasteiger partial charge < -0.3 is 5.32 Å². The van der Waals surface area contributed by atoms with E-state index in [1.54, 1.807) is 11.3 Å². The molecule has 6 nitrogen and oxygen atoms in total. The van der Waals surface area contributed by atoms with Gasteiger partial charge in [-0.3, -0.25) is 9.69 Å². The van der Waals surface area contributed by atoms with Crippen LogP contribution in [0.15, 0.2) is 41.8 Å². The molecule has 2 heterocycles. The summed E-state index contributed by atoms with van der Waals surface area (Å²) in [6, 6.07) is 12.1. The Bertz CT molecular complexity index is 872. The van der Waals surface area contributed by atoms with Gasteiger partial charge in [0, 0.05) is 24.0 Å². The van der Waals surface area contributed by atoms with Gasteiger partial charge in [-0.25, -0.2) is 13.1 Å².